The molecule has 0 saturated heterocycles. The fraction of sp³-hybridized carbons (Fsp3) is 0.120. The zero-order valence-electron chi connectivity index (χ0n) is 17.4. The van der Waals surface area contributed by atoms with Crippen LogP contribution in [0, 0.1) is 6.92 Å². The van der Waals surface area contributed by atoms with Gasteiger partial charge in [-0.25, -0.2) is 5.43 Å². The molecule has 7 nitrogen and oxygen atoms in total. The lowest BCUT2D eigenvalue weighted by Crippen LogP contribution is -2.36. The number of benzene rings is 3. The molecule has 0 spiro atoms. The number of fused-ring (bicyclic) bond motifs is 4. The Balaban J connectivity index is 1.36. The summed E-state index contributed by atoms with van der Waals surface area (Å²) in [6.07, 6.45) is 0. The average Bonchev–Trinajstić information content (AvgIpc) is 3.34. The van der Waals surface area contributed by atoms with Gasteiger partial charge in [0.05, 0.1) is 0 Å². The standard InChI is InChI=1S/C25H21N3O4/c1-15-20(18-8-4-5-9-21(18)28(15)14-24(29)30)13-26-27-25(31)23-12-19-17-7-3-2-6-16(17)10-11-22(19)32-23/h2-12,26H,13-14H2,1H3,(H,27,31)(H,29,30). The molecule has 32 heavy (non-hydrogen) atoms. The van der Waals surface area contributed by atoms with Crippen LogP contribution in [-0.2, 0) is 17.9 Å². The first-order valence-electron chi connectivity index (χ1n) is 10.3. The maximum atomic E-state index is 12.7. The Morgan fingerprint density at radius 3 is 2.53 bits per heavy atom. The van der Waals surface area contributed by atoms with Crippen LogP contribution in [-0.4, -0.2) is 21.6 Å². The summed E-state index contributed by atoms with van der Waals surface area (Å²) in [4.78, 5) is 24.0. The van der Waals surface area contributed by atoms with Crippen molar-refractivity contribution in [3.05, 3.63) is 83.7 Å². The van der Waals surface area contributed by atoms with Gasteiger partial charge in [0.2, 0.25) is 0 Å². The van der Waals surface area contributed by atoms with E-state index in [2.05, 4.69) is 10.9 Å². The van der Waals surface area contributed by atoms with Crippen molar-refractivity contribution in [1.29, 1.82) is 0 Å². The number of hydrogen-bond acceptors (Lipinski definition) is 4. The zero-order chi connectivity index (χ0) is 22.2. The number of carbonyl (C=O) groups excluding carboxylic acids is 1. The number of nitrogens with zero attached hydrogens (tertiary/aromatic N) is 1. The number of nitrogens with one attached hydrogen (secondary N) is 2. The highest BCUT2D eigenvalue weighted by molar-refractivity contribution is 6.08. The van der Waals surface area contributed by atoms with Gasteiger partial charge >= 0.3 is 11.9 Å². The van der Waals surface area contributed by atoms with E-state index in [0.29, 0.717) is 12.1 Å². The van der Waals surface area contributed by atoms with E-state index in [1.807, 2.05) is 67.6 Å². The number of carboxylic acids is 1. The molecule has 0 bridgehead atoms. The summed E-state index contributed by atoms with van der Waals surface area (Å²) in [6, 6.07) is 21.2. The second kappa shape index (κ2) is 7.86. The molecule has 1 amide bonds. The molecule has 3 N–H and O–H groups in total. The van der Waals surface area contributed by atoms with Crippen LogP contribution < -0.4 is 10.9 Å². The highest BCUT2D eigenvalue weighted by Crippen LogP contribution is 2.28. The largest absolute Gasteiger partial charge is 0.480 e. The number of carbonyl (C=O) groups is 2. The van der Waals surface area contributed by atoms with Crippen LogP contribution in [0.4, 0.5) is 0 Å². The topological polar surface area (TPSA) is 96.5 Å². The number of furan rings is 1. The molecule has 3 aromatic carbocycles. The van der Waals surface area contributed by atoms with E-state index in [0.717, 1.165) is 38.3 Å². The minimum absolute atomic E-state index is 0.119. The number of rotatable bonds is 6. The summed E-state index contributed by atoms with van der Waals surface area (Å²) in [5.74, 6) is -1.06. The van der Waals surface area contributed by atoms with Crippen molar-refractivity contribution in [2.75, 3.05) is 0 Å². The second-order valence-electron chi connectivity index (χ2n) is 7.68. The average molecular weight is 427 g/mol. The van der Waals surface area contributed by atoms with Gasteiger partial charge in [-0.15, -0.1) is 0 Å². The van der Waals surface area contributed by atoms with Crippen LogP contribution in [0.2, 0.25) is 0 Å². The number of amides is 1. The molecule has 0 aliphatic rings. The highest BCUT2D eigenvalue weighted by atomic mass is 16.4. The summed E-state index contributed by atoms with van der Waals surface area (Å²) >= 11 is 0. The van der Waals surface area contributed by atoms with E-state index in [9.17, 15) is 14.7 Å². The van der Waals surface area contributed by atoms with Crippen LogP contribution in [0.3, 0.4) is 0 Å². The molecular formula is C25H21N3O4. The van der Waals surface area contributed by atoms with Gasteiger partial charge in [-0.1, -0.05) is 48.5 Å². The van der Waals surface area contributed by atoms with Crippen molar-refractivity contribution < 1.29 is 19.1 Å². The summed E-state index contributed by atoms with van der Waals surface area (Å²) in [5.41, 5.74) is 8.92. The van der Waals surface area contributed by atoms with E-state index in [1.54, 1.807) is 10.6 Å². The van der Waals surface area contributed by atoms with Gasteiger partial charge in [0, 0.05) is 28.5 Å². The molecule has 0 atom stereocenters. The fourth-order valence-corrected chi connectivity index (χ4v) is 4.24. The Labute approximate surface area is 183 Å². The monoisotopic (exact) mass is 427 g/mol. The van der Waals surface area contributed by atoms with E-state index < -0.39 is 5.97 Å². The Hall–Kier alpha value is -4.10. The second-order valence-corrected chi connectivity index (χ2v) is 7.68. The number of aliphatic carboxylic acids is 1. The molecule has 0 aliphatic heterocycles. The van der Waals surface area contributed by atoms with Crippen molar-refractivity contribution >= 4 is 44.5 Å². The first-order chi connectivity index (χ1) is 15.5. The van der Waals surface area contributed by atoms with Gasteiger partial charge in [0.1, 0.15) is 12.1 Å². The third-order valence-electron chi connectivity index (χ3n) is 5.77. The van der Waals surface area contributed by atoms with Gasteiger partial charge < -0.3 is 14.1 Å². The van der Waals surface area contributed by atoms with Crippen molar-refractivity contribution in [2.45, 2.75) is 20.0 Å². The number of aromatic nitrogens is 1. The Morgan fingerprint density at radius 2 is 1.72 bits per heavy atom. The van der Waals surface area contributed by atoms with Crippen LogP contribution in [0.25, 0.3) is 32.6 Å². The number of hydrogen-bond donors (Lipinski definition) is 3. The van der Waals surface area contributed by atoms with Crippen LogP contribution in [0.1, 0.15) is 21.8 Å². The van der Waals surface area contributed by atoms with Gasteiger partial charge in [-0.2, -0.15) is 0 Å². The van der Waals surface area contributed by atoms with E-state index in [1.165, 1.54) is 0 Å². The third kappa shape index (κ3) is 3.38. The SMILES string of the molecule is Cc1c(CNNC(=O)c2cc3c(ccc4ccccc43)o2)c2ccccc2n1CC(=O)O. The van der Waals surface area contributed by atoms with Crippen LogP contribution in [0.5, 0.6) is 0 Å². The molecule has 5 rings (SSSR count). The Morgan fingerprint density at radius 1 is 0.969 bits per heavy atom. The maximum absolute atomic E-state index is 12.7. The molecule has 0 unspecified atom stereocenters. The minimum Gasteiger partial charge on any atom is -0.480 e. The Kier molecular flexibility index (Phi) is 4.88. The molecule has 0 fully saturated rings. The first-order valence-corrected chi connectivity index (χ1v) is 10.3. The van der Waals surface area contributed by atoms with Gasteiger partial charge in [0.15, 0.2) is 5.76 Å². The minimum atomic E-state index is -0.904. The van der Waals surface area contributed by atoms with Crippen molar-refractivity contribution in [2.24, 2.45) is 0 Å². The predicted molar refractivity (Wildman–Crippen MR) is 122 cm³/mol. The molecule has 0 saturated carbocycles. The molecule has 0 radical (unpaired) electrons. The van der Waals surface area contributed by atoms with E-state index >= 15 is 0 Å². The number of carboxylic acid groups (broad SMARTS) is 1. The quantitative estimate of drug-likeness (QED) is 0.350. The van der Waals surface area contributed by atoms with Crippen molar-refractivity contribution in [3.8, 4) is 0 Å². The molecule has 7 heteroatoms. The fourth-order valence-electron chi connectivity index (χ4n) is 4.24. The lowest BCUT2D eigenvalue weighted by molar-refractivity contribution is -0.137. The van der Waals surface area contributed by atoms with E-state index in [-0.39, 0.29) is 18.2 Å². The summed E-state index contributed by atoms with van der Waals surface area (Å²) in [5, 5.41) is 13.2. The summed E-state index contributed by atoms with van der Waals surface area (Å²) in [7, 11) is 0. The lowest BCUT2D eigenvalue weighted by atomic mass is 10.1. The molecule has 160 valence electrons. The van der Waals surface area contributed by atoms with Gasteiger partial charge in [-0.3, -0.25) is 15.0 Å². The lowest BCUT2D eigenvalue weighted by Gasteiger charge is -2.07. The van der Waals surface area contributed by atoms with Crippen molar-refractivity contribution in [1.82, 2.24) is 15.4 Å². The van der Waals surface area contributed by atoms with Crippen molar-refractivity contribution in [3.63, 3.8) is 0 Å². The van der Waals surface area contributed by atoms with Gasteiger partial charge in [-0.05, 0) is 41.5 Å². The van der Waals surface area contributed by atoms with Crippen LogP contribution >= 0.6 is 0 Å². The Bertz CT molecular complexity index is 1500. The normalized spacial score (nSPS) is 11.4. The zero-order valence-corrected chi connectivity index (χ0v) is 17.4. The predicted octanol–water partition coefficient (Wildman–Crippen LogP) is 4.37. The smallest absolute Gasteiger partial charge is 0.323 e. The number of hydrazine groups is 1. The summed E-state index contributed by atoms with van der Waals surface area (Å²) < 4.78 is 7.53. The maximum Gasteiger partial charge on any atom is 0.323 e. The molecule has 0 aliphatic carbocycles. The molecular weight excluding hydrogens is 406 g/mol. The highest BCUT2D eigenvalue weighted by Gasteiger charge is 2.17. The van der Waals surface area contributed by atoms with Crippen LogP contribution in [0.15, 0.2) is 71.1 Å². The van der Waals surface area contributed by atoms with Gasteiger partial charge in [0.25, 0.3) is 0 Å². The number of para-hydroxylation sites is 1. The molecule has 5 aromatic rings. The van der Waals surface area contributed by atoms with E-state index in [4.69, 9.17) is 4.42 Å². The third-order valence-corrected chi connectivity index (χ3v) is 5.77. The molecule has 2 aromatic heterocycles. The first kappa shape index (κ1) is 19.8. The summed E-state index contributed by atoms with van der Waals surface area (Å²) in [6.45, 7) is 2.10. The molecule has 2 heterocycles.